The van der Waals surface area contributed by atoms with E-state index in [4.69, 9.17) is 0 Å². The molecule has 5 rings (SSSR count). The molecule has 0 bridgehead atoms. The van der Waals surface area contributed by atoms with Gasteiger partial charge in [-0.3, -0.25) is 4.79 Å². The van der Waals surface area contributed by atoms with Gasteiger partial charge in [0.2, 0.25) is 0 Å². The minimum Gasteiger partial charge on any atom is -0.382 e. The average molecular weight is 530 g/mol. The van der Waals surface area contributed by atoms with Crippen LogP contribution >= 0.6 is 11.8 Å². The molecule has 2 heterocycles. The van der Waals surface area contributed by atoms with Crippen LogP contribution in [0.4, 0.5) is 23.2 Å². The first-order valence-corrected chi connectivity index (χ1v) is 12.5. The van der Waals surface area contributed by atoms with E-state index in [1.165, 1.54) is 23.9 Å². The van der Waals surface area contributed by atoms with Gasteiger partial charge >= 0.3 is 6.18 Å². The van der Waals surface area contributed by atoms with E-state index in [9.17, 15) is 22.4 Å². The molecule has 0 atom stereocenters. The summed E-state index contributed by atoms with van der Waals surface area (Å²) in [5, 5.41) is 11.0. The zero-order chi connectivity index (χ0) is 26.2. The monoisotopic (exact) mass is 529 g/mol. The molecular weight excluding hydrogens is 506 g/mol. The summed E-state index contributed by atoms with van der Waals surface area (Å²) in [6.45, 7) is 1.53. The van der Waals surface area contributed by atoms with E-state index in [1.807, 2.05) is 13.0 Å². The molecule has 1 aliphatic rings. The van der Waals surface area contributed by atoms with E-state index >= 15 is 0 Å². The molecule has 2 aromatic heterocycles. The van der Waals surface area contributed by atoms with Crippen LogP contribution < -0.4 is 10.6 Å². The van der Waals surface area contributed by atoms with E-state index in [1.54, 1.807) is 41.0 Å². The maximum absolute atomic E-state index is 13.3. The van der Waals surface area contributed by atoms with Crippen LogP contribution in [0.2, 0.25) is 0 Å². The van der Waals surface area contributed by atoms with Gasteiger partial charge in [-0.1, -0.05) is 17.8 Å². The van der Waals surface area contributed by atoms with Gasteiger partial charge in [0.25, 0.3) is 5.91 Å². The Hall–Kier alpha value is -3.60. The minimum absolute atomic E-state index is 0.114. The Morgan fingerprint density at radius 2 is 1.89 bits per heavy atom. The number of hydrogen-bond donors (Lipinski definition) is 2. The number of aryl methyl sites for hydroxylation is 1. The van der Waals surface area contributed by atoms with Crippen LogP contribution in [0.25, 0.3) is 16.9 Å². The number of hydrogen-bond acceptors (Lipinski definition) is 5. The van der Waals surface area contributed by atoms with Gasteiger partial charge in [0, 0.05) is 28.6 Å². The van der Waals surface area contributed by atoms with Gasteiger partial charge in [-0.15, -0.1) is 0 Å². The summed E-state index contributed by atoms with van der Waals surface area (Å²) in [7, 11) is 0. The van der Waals surface area contributed by atoms with Crippen LogP contribution in [0.1, 0.15) is 35.2 Å². The fourth-order valence-electron chi connectivity index (χ4n) is 3.85. The maximum Gasteiger partial charge on any atom is 0.390 e. The highest BCUT2D eigenvalue weighted by Gasteiger charge is 2.27. The van der Waals surface area contributed by atoms with Crippen molar-refractivity contribution >= 4 is 29.0 Å². The third-order valence-electron chi connectivity index (χ3n) is 5.88. The van der Waals surface area contributed by atoms with E-state index in [0.717, 1.165) is 28.9 Å². The first-order valence-electron chi connectivity index (χ1n) is 11.7. The number of nitrogens with zero attached hydrogens (tertiary/aromatic N) is 3. The molecule has 0 spiro atoms. The van der Waals surface area contributed by atoms with Gasteiger partial charge in [0.1, 0.15) is 10.8 Å². The number of rotatable bonds is 8. The number of imidazole rings is 1. The summed E-state index contributed by atoms with van der Waals surface area (Å²) in [4.78, 5) is 17.7. The number of carbonyl (C=O) groups excluding carboxylic acids is 1. The largest absolute Gasteiger partial charge is 0.390 e. The van der Waals surface area contributed by atoms with Gasteiger partial charge < -0.3 is 10.6 Å². The Morgan fingerprint density at radius 1 is 1.14 bits per heavy atom. The molecule has 0 unspecified atom stereocenters. The summed E-state index contributed by atoms with van der Waals surface area (Å²) in [6, 6.07) is 13.2. The van der Waals surface area contributed by atoms with Crippen molar-refractivity contribution in [1.29, 1.82) is 0 Å². The quantitative estimate of drug-likeness (QED) is 0.264. The molecule has 4 aromatic rings. The highest BCUT2D eigenvalue weighted by Crippen LogP contribution is 2.32. The summed E-state index contributed by atoms with van der Waals surface area (Å²) in [6.07, 6.45) is -1.71. The van der Waals surface area contributed by atoms with Crippen molar-refractivity contribution in [3.8, 4) is 11.3 Å². The summed E-state index contributed by atoms with van der Waals surface area (Å²) in [5.41, 5.74) is 3.50. The van der Waals surface area contributed by atoms with Crippen molar-refractivity contribution in [2.45, 2.75) is 48.3 Å². The van der Waals surface area contributed by atoms with E-state index in [0.29, 0.717) is 27.6 Å². The van der Waals surface area contributed by atoms with Gasteiger partial charge in [-0.05, 0) is 67.8 Å². The fraction of sp³-hybridized carbons (Fsp3) is 0.269. The molecule has 1 amide bonds. The fourth-order valence-corrected chi connectivity index (χ4v) is 4.67. The zero-order valence-corrected chi connectivity index (χ0v) is 20.6. The highest BCUT2D eigenvalue weighted by atomic mass is 32.2. The second-order valence-corrected chi connectivity index (χ2v) is 9.99. The number of alkyl halides is 3. The van der Waals surface area contributed by atoms with Crippen molar-refractivity contribution in [3.63, 3.8) is 0 Å². The molecule has 6 nitrogen and oxygen atoms in total. The molecule has 0 radical (unpaired) electrons. The standard InChI is InChI=1S/C26H23F4N5OS/c1-15-12-16(2-9-20(15)25(36)33-18-5-6-18)22-14-32-24-21(31-11-10-26(28,29)30)13-23(34-35(22)24)37-19-7-3-17(27)4-8-19/h2-4,7-9,12-14,18,31H,5-6,10-11H2,1H3,(H,33,36). The summed E-state index contributed by atoms with van der Waals surface area (Å²) in [5.74, 6) is -0.485. The molecule has 1 fully saturated rings. The number of amides is 1. The Bertz CT molecular complexity index is 1450. The van der Waals surface area contributed by atoms with Crippen LogP contribution in [-0.2, 0) is 0 Å². The molecule has 1 aliphatic carbocycles. The lowest BCUT2D eigenvalue weighted by molar-refractivity contribution is -0.131. The number of anilines is 1. The predicted octanol–water partition coefficient (Wildman–Crippen LogP) is 6.25. The highest BCUT2D eigenvalue weighted by molar-refractivity contribution is 7.99. The molecule has 0 saturated heterocycles. The van der Waals surface area contributed by atoms with Crippen molar-refractivity contribution in [2.75, 3.05) is 11.9 Å². The topological polar surface area (TPSA) is 71.3 Å². The van der Waals surface area contributed by atoms with Crippen molar-refractivity contribution < 1.29 is 22.4 Å². The molecule has 11 heteroatoms. The van der Waals surface area contributed by atoms with Crippen molar-refractivity contribution in [1.82, 2.24) is 19.9 Å². The Labute approximate surface area is 214 Å². The van der Waals surface area contributed by atoms with E-state index in [-0.39, 0.29) is 24.3 Å². The van der Waals surface area contributed by atoms with E-state index in [2.05, 4.69) is 20.7 Å². The zero-order valence-electron chi connectivity index (χ0n) is 19.8. The molecule has 192 valence electrons. The average Bonchev–Trinajstić information content (AvgIpc) is 3.54. The van der Waals surface area contributed by atoms with Crippen LogP contribution in [0, 0.1) is 12.7 Å². The molecule has 37 heavy (non-hydrogen) atoms. The number of nitrogens with one attached hydrogen (secondary N) is 2. The SMILES string of the molecule is Cc1cc(-c2cnc3c(NCCC(F)(F)F)cc(Sc4ccc(F)cc4)nn23)ccc1C(=O)NC1CC1. The Balaban J connectivity index is 1.50. The van der Waals surface area contributed by atoms with E-state index < -0.39 is 12.6 Å². The molecule has 1 saturated carbocycles. The van der Waals surface area contributed by atoms with Crippen LogP contribution in [-0.4, -0.2) is 39.3 Å². The Kier molecular flexibility index (Phi) is 6.80. The smallest absolute Gasteiger partial charge is 0.382 e. The number of carbonyl (C=O) groups is 1. The number of aromatic nitrogens is 3. The van der Waals surface area contributed by atoms with Crippen molar-refractivity contribution in [3.05, 3.63) is 71.7 Å². The third-order valence-corrected chi connectivity index (χ3v) is 6.80. The van der Waals surface area contributed by atoms with Gasteiger partial charge in [0.15, 0.2) is 5.65 Å². The second kappa shape index (κ2) is 10.0. The number of benzene rings is 2. The second-order valence-electron chi connectivity index (χ2n) is 8.90. The lowest BCUT2D eigenvalue weighted by atomic mass is 10.0. The molecule has 2 aromatic carbocycles. The summed E-state index contributed by atoms with van der Waals surface area (Å²) < 4.78 is 53.2. The van der Waals surface area contributed by atoms with Gasteiger partial charge in [-0.25, -0.2) is 13.9 Å². The van der Waals surface area contributed by atoms with Gasteiger partial charge in [-0.2, -0.15) is 18.3 Å². The minimum atomic E-state index is -4.30. The molecule has 2 N–H and O–H groups in total. The van der Waals surface area contributed by atoms with Crippen LogP contribution in [0.15, 0.2) is 64.6 Å². The number of fused-ring (bicyclic) bond motifs is 1. The lowest BCUT2D eigenvalue weighted by Crippen LogP contribution is -2.26. The molecule has 0 aliphatic heterocycles. The molecular formula is C26H23F4N5OS. The Morgan fingerprint density at radius 3 is 2.57 bits per heavy atom. The van der Waals surface area contributed by atoms with Gasteiger partial charge in [0.05, 0.1) is 24.0 Å². The lowest BCUT2D eigenvalue weighted by Gasteiger charge is -2.13. The summed E-state index contributed by atoms with van der Waals surface area (Å²) >= 11 is 1.25. The first-order chi connectivity index (χ1) is 17.7. The number of halogens is 4. The maximum atomic E-state index is 13.3. The first kappa shape index (κ1) is 25.1. The van der Waals surface area contributed by atoms with Crippen LogP contribution in [0.5, 0.6) is 0 Å². The predicted molar refractivity (Wildman–Crippen MR) is 133 cm³/mol. The van der Waals surface area contributed by atoms with Crippen molar-refractivity contribution in [2.24, 2.45) is 0 Å². The van der Waals surface area contributed by atoms with Crippen LogP contribution in [0.3, 0.4) is 0 Å². The third kappa shape index (κ3) is 6.04. The normalized spacial score (nSPS) is 13.6.